The summed E-state index contributed by atoms with van der Waals surface area (Å²) in [6, 6.07) is 26.3. The molecule has 0 aromatic heterocycles. The summed E-state index contributed by atoms with van der Waals surface area (Å²) in [5.41, 5.74) is 6.57. The number of hydrogen-bond acceptors (Lipinski definition) is 2. The van der Waals surface area contributed by atoms with Gasteiger partial charge in [-0.2, -0.15) is 0 Å². The van der Waals surface area contributed by atoms with Crippen LogP contribution in [-0.2, 0) is 13.0 Å². The zero-order valence-corrected chi connectivity index (χ0v) is 16.1. The molecule has 0 radical (unpaired) electrons. The highest BCUT2D eigenvalue weighted by molar-refractivity contribution is 5.63. The lowest BCUT2D eigenvalue weighted by molar-refractivity contribution is 0.305. The molecule has 0 amide bonds. The lowest BCUT2D eigenvalue weighted by Crippen LogP contribution is -2.34. The van der Waals surface area contributed by atoms with Gasteiger partial charge in [-0.1, -0.05) is 67.6 Å². The van der Waals surface area contributed by atoms with E-state index in [-0.39, 0.29) is 0 Å². The topological polar surface area (TPSA) is 21.3 Å². The van der Waals surface area contributed by atoms with Crippen LogP contribution in [0.25, 0.3) is 11.1 Å². The van der Waals surface area contributed by atoms with Gasteiger partial charge in [0.1, 0.15) is 12.4 Å². The van der Waals surface area contributed by atoms with Crippen molar-refractivity contribution in [3.63, 3.8) is 0 Å². The Bertz CT molecular complexity index is 886. The van der Waals surface area contributed by atoms with Gasteiger partial charge in [0.05, 0.1) is 0 Å². The summed E-state index contributed by atoms with van der Waals surface area (Å²) in [5.74, 6) is 1.52. The van der Waals surface area contributed by atoms with Gasteiger partial charge in [0.15, 0.2) is 0 Å². The first-order chi connectivity index (χ1) is 13.2. The molecule has 0 saturated carbocycles. The van der Waals surface area contributed by atoms with Gasteiger partial charge in [0.2, 0.25) is 0 Å². The second-order valence-corrected chi connectivity index (χ2v) is 7.43. The largest absolute Gasteiger partial charge is 0.489 e. The van der Waals surface area contributed by atoms with Gasteiger partial charge >= 0.3 is 0 Å². The maximum atomic E-state index is 6.08. The summed E-state index contributed by atoms with van der Waals surface area (Å²) in [4.78, 5) is 0. The molecular formula is C25H27NO. The van der Waals surface area contributed by atoms with Crippen LogP contribution in [0.3, 0.4) is 0 Å². The molecule has 2 atom stereocenters. The lowest BCUT2D eigenvalue weighted by atomic mass is 9.80. The maximum Gasteiger partial charge on any atom is 0.120 e. The van der Waals surface area contributed by atoms with Gasteiger partial charge in [-0.3, -0.25) is 0 Å². The summed E-state index contributed by atoms with van der Waals surface area (Å²) in [6.45, 7) is 2.91. The molecular weight excluding hydrogens is 330 g/mol. The van der Waals surface area contributed by atoms with Crippen molar-refractivity contribution in [3.8, 4) is 16.9 Å². The smallest absolute Gasteiger partial charge is 0.120 e. The molecule has 1 aliphatic rings. The first-order valence-electron chi connectivity index (χ1n) is 9.82. The first-order valence-corrected chi connectivity index (χ1v) is 9.82. The fraction of sp³-hybridized carbons (Fsp3) is 0.280. The number of benzene rings is 3. The Labute approximate surface area is 162 Å². The minimum atomic E-state index is 0.554. The fourth-order valence-corrected chi connectivity index (χ4v) is 4.10. The summed E-state index contributed by atoms with van der Waals surface area (Å²) in [5, 5.41) is 3.44. The molecule has 0 saturated heterocycles. The van der Waals surface area contributed by atoms with E-state index < -0.39 is 0 Å². The SMILES string of the molecule is CNC1CCc2cc(OCc3ccc(-c4ccccc4)cc3)ccc2C1C. The first kappa shape index (κ1) is 17.8. The van der Waals surface area contributed by atoms with Crippen LogP contribution in [0, 0.1) is 0 Å². The van der Waals surface area contributed by atoms with Gasteiger partial charge in [0.25, 0.3) is 0 Å². The third-order valence-electron chi connectivity index (χ3n) is 5.77. The van der Waals surface area contributed by atoms with Crippen molar-refractivity contribution in [1.29, 1.82) is 0 Å². The molecule has 3 aromatic carbocycles. The van der Waals surface area contributed by atoms with Crippen molar-refractivity contribution < 1.29 is 4.74 Å². The van der Waals surface area contributed by atoms with Crippen LogP contribution >= 0.6 is 0 Å². The number of hydrogen-bond donors (Lipinski definition) is 1. The second kappa shape index (κ2) is 7.98. The minimum absolute atomic E-state index is 0.554. The van der Waals surface area contributed by atoms with E-state index in [1.807, 2.05) is 6.07 Å². The highest BCUT2D eigenvalue weighted by atomic mass is 16.5. The van der Waals surface area contributed by atoms with E-state index in [9.17, 15) is 0 Å². The molecule has 1 N–H and O–H groups in total. The van der Waals surface area contributed by atoms with Crippen LogP contribution in [0.5, 0.6) is 5.75 Å². The van der Waals surface area contributed by atoms with Crippen molar-refractivity contribution in [2.75, 3.05) is 7.05 Å². The molecule has 0 fully saturated rings. The quantitative estimate of drug-likeness (QED) is 0.644. The Kier molecular flexibility index (Phi) is 5.26. The molecule has 2 nitrogen and oxygen atoms in total. The maximum absolute atomic E-state index is 6.08. The highest BCUT2D eigenvalue weighted by Crippen LogP contribution is 2.33. The number of aryl methyl sites for hydroxylation is 1. The van der Waals surface area contributed by atoms with E-state index >= 15 is 0 Å². The van der Waals surface area contributed by atoms with Gasteiger partial charge in [-0.25, -0.2) is 0 Å². The standard InChI is InChI=1S/C25H27NO/c1-18-24-14-13-23(16-22(24)12-15-25(18)26-2)27-17-19-8-10-21(11-9-19)20-6-4-3-5-7-20/h3-11,13-14,16,18,25-26H,12,15,17H2,1-2H3. The number of fused-ring (bicyclic) bond motifs is 1. The Balaban J connectivity index is 1.42. The molecule has 3 aromatic rings. The van der Waals surface area contributed by atoms with E-state index in [0.29, 0.717) is 18.6 Å². The van der Waals surface area contributed by atoms with Crippen LogP contribution in [0.4, 0.5) is 0 Å². The average Bonchev–Trinajstić information content (AvgIpc) is 2.73. The zero-order chi connectivity index (χ0) is 18.6. The van der Waals surface area contributed by atoms with E-state index in [1.54, 1.807) is 0 Å². The molecule has 1 aliphatic carbocycles. The van der Waals surface area contributed by atoms with E-state index in [0.717, 1.165) is 12.2 Å². The Morgan fingerprint density at radius 1 is 0.926 bits per heavy atom. The average molecular weight is 357 g/mol. The molecule has 2 heteroatoms. The van der Waals surface area contributed by atoms with Gasteiger partial charge < -0.3 is 10.1 Å². The summed E-state index contributed by atoms with van der Waals surface area (Å²) < 4.78 is 6.08. The van der Waals surface area contributed by atoms with Crippen LogP contribution in [0.1, 0.15) is 36.0 Å². The Morgan fingerprint density at radius 2 is 1.67 bits per heavy atom. The predicted octanol–water partition coefficient (Wildman–Crippen LogP) is 5.57. The number of likely N-dealkylation sites (N-methyl/N-ethyl adjacent to an activating group) is 1. The van der Waals surface area contributed by atoms with Gasteiger partial charge in [-0.15, -0.1) is 0 Å². The zero-order valence-electron chi connectivity index (χ0n) is 16.1. The molecule has 0 bridgehead atoms. The van der Waals surface area contributed by atoms with Crippen LogP contribution in [-0.4, -0.2) is 13.1 Å². The monoisotopic (exact) mass is 357 g/mol. The molecule has 0 spiro atoms. The van der Waals surface area contributed by atoms with E-state index in [2.05, 4.69) is 86.0 Å². The van der Waals surface area contributed by atoms with Crippen molar-refractivity contribution in [3.05, 3.63) is 89.5 Å². The van der Waals surface area contributed by atoms with Crippen molar-refractivity contribution >= 4 is 0 Å². The summed E-state index contributed by atoms with van der Waals surface area (Å²) >= 11 is 0. The third-order valence-corrected chi connectivity index (χ3v) is 5.77. The Hall–Kier alpha value is -2.58. The molecule has 2 unspecified atom stereocenters. The molecule has 138 valence electrons. The molecule has 0 heterocycles. The van der Waals surface area contributed by atoms with E-state index in [1.165, 1.54) is 34.2 Å². The lowest BCUT2D eigenvalue weighted by Gasteiger charge is -2.31. The second-order valence-electron chi connectivity index (χ2n) is 7.43. The molecule has 4 rings (SSSR count). The number of rotatable bonds is 5. The summed E-state index contributed by atoms with van der Waals surface area (Å²) in [6.07, 6.45) is 2.31. The van der Waals surface area contributed by atoms with Crippen LogP contribution in [0.15, 0.2) is 72.8 Å². The minimum Gasteiger partial charge on any atom is -0.489 e. The van der Waals surface area contributed by atoms with Crippen LogP contribution < -0.4 is 10.1 Å². The van der Waals surface area contributed by atoms with E-state index in [4.69, 9.17) is 4.74 Å². The Morgan fingerprint density at radius 3 is 2.41 bits per heavy atom. The van der Waals surface area contributed by atoms with Crippen molar-refractivity contribution in [1.82, 2.24) is 5.32 Å². The fourth-order valence-electron chi connectivity index (χ4n) is 4.10. The third kappa shape index (κ3) is 3.91. The normalized spacial score (nSPS) is 18.7. The number of nitrogens with one attached hydrogen (secondary N) is 1. The van der Waals surface area contributed by atoms with Crippen molar-refractivity contribution in [2.45, 2.75) is 38.3 Å². The van der Waals surface area contributed by atoms with Gasteiger partial charge in [-0.05, 0) is 65.8 Å². The molecule has 27 heavy (non-hydrogen) atoms. The van der Waals surface area contributed by atoms with Gasteiger partial charge in [0, 0.05) is 6.04 Å². The van der Waals surface area contributed by atoms with Crippen molar-refractivity contribution in [2.24, 2.45) is 0 Å². The predicted molar refractivity (Wildman–Crippen MR) is 112 cm³/mol. The van der Waals surface area contributed by atoms with Crippen LogP contribution in [0.2, 0.25) is 0 Å². The number of ether oxygens (including phenoxy) is 1. The summed E-state index contributed by atoms with van der Waals surface area (Å²) in [7, 11) is 2.06. The highest BCUT2D eigenvalue weighted by Gasteiger charge is 2.25. The molecule has 0 aliphatic heterocycles.